The van der Waals surface area contributed by atoms with Crippen LogP contribution in [0.15, 0.2) is 12.2 Å². The number of amides is 1. The Bertz CT molecular complexity index is 558. The molecule has 0 bridgehead atoms. The summed E-state index contributed by atoms with van der Waals surface area (Å²) in [5.74, 6) is -0.0244. The van der Waals surface area contributed by atoms with Crippen molar-refractivity contribution in [3.05, 3.63) is 12.2 Å². The molecule has 1 rings (SSSR count). The van der Waals surface area contributed by atoms with Crippen LogP contribution in [0.5, 0.6) is 0 Å². The van der Waals surface area contributed by atoms with E-state index in [0.717, 1.165) is 32.1 Å². The van der Waals surface area contributed by atoms with E-state index in [0.29, 0.717) is 38.2 Å². The Labute approximate surface area is 181 Å². The van der Waals surface area contributed by atoms with Crippen LogP contribution in [0.2, 0.25) is 0 Å². The third-order valence-electron chi connectivity index (χ3n) is 4.97. The van der Waals surface area contributed by atoms with Crippen LogP contribution >= 0.6 is 7.82 Å². The van der Waals surface area contributed by atoms with E-state index < -0.39 is 20.0 Å². The molecule has 1 fully saturated rings. The van der Waals surface area contributed by atoms with Crippen LogP contribution in [-0.4, -0.2) is 61.7 Å². The zero-order chi connectivity index (χ0) is 22.6. The first-order chi connectivity index (χ1) is 14.2. The Morgan fingerprint density at radius 2 is 1.77 bits per heavy atom. The molecule has 1 amide bonds. The van der Waals surface area contributed by atoms with Crippen LogP contribution in [0.3, 0.4) is 0 Å². The van der Waals surface area contributed by atoms with E-state index >= 15 is 0 Å². The first kappa shape index (κ1) is 27.3. The van der Waals surface area contributed by atoms with Crippen molar-refractivity contribution >= 4 is 13.7 Å². The Morgan fingerprint density at radius 1 is 1.17 bits per heavy atom. The summed E-state index contributed by atoms with van der Waals surface area (Å²) in [7, 11) is -2.04. The van der Waals surface area contributed by atoms with Gasteiger partial charge in [-0.2, -0.15) is 0 Å². The van der Waals surface area contributed by atoms with E-state index in [-0.39, 0.29) is 18.6 Å². The van der Waals surface area contributed by atoms with Crippen molar-refractivity contribution in [2.24, 2.45) is 5.92 Å². The van der Waals surface area contributed by atoms with Gasteiger partial charge in [-0.25, -0.2) is 4.57 Å². The average molecular weight is 450 g/mol. The topological polar surface area (TPSA) is 94.5 Å². The van der Waals surface area contributed by atoms with Gasteiger partial charge in [0, 0.05) is 12.6 Å². The molecule has 3 unspecified atom stereocenters. The fourth-order valence-electron chi connectivity index (χ4n) is 3.12. The maximum Gasteiger partial charge on any atom is 0.475 e. The summed E-state index contributed by atoms with van der Waals surface area (Å²) >= 11 is 0. The molecule has 1 saturated carbocycles. The van der Waals surface area contributed by atoms with Crippen molar-refractivity contribution in [2.75, 3.05) is 33.6 Å². The molecule has 1 aliphatic carbocycles. The second kappa shape index (κ2) is 14.3. The van der Waals surface area contributed by atoms with E-state index in [1.807, 2.05) is 13.8 Å². The van der Waals surface area contributed by atoms with Gasteiger partial charge < -0.3 is 14.7 Å². The summed E-state index contributed by atoms with van der Waals surface area (Å²) in [6.45, 7) is 10.5. The summed E-state index contributed by atoms with van der Waals surface area (Å²) in [5.41, 5.74) is 0.459. The molecule has 1 aliphatic rings. The number of aliphatic hydroxyl groups is 1. The summed E-state index contributed by atoms with van der Waals surface area (Å²) in [6, 6.07) is 0. The largest absolute Gasteiger partial charge is 0.475 e. The standard InChI is InChI=1S/C21H40NO7P/c1-6-8-12-27-30(25,28-13-9-7-2)29-20-11-10-18(14-19(20)23)15-26-16-22(5)21(24)17(3)4/h18-20,23H,3,6-16H2,1-2,4-5H3. The van der Waals surface area contributed by atoms with Crippen LogP contribution < -0.4 is 0 Å². The van der Waals surface area contributed by atoms with Gasteiger partial charge in [0.2, 0.25) is 5.91 Å². The first-order valence-electron chi connectivity index (χ1n) is 11.0. The highest BCUT2D eigenvalue weighted by molar-refractivity contribution is 7.48. The predicted molar refractivity (Wildman–Crippen MR) is 116 cm³/mol. The molecule has 1 N–H and O–H groups in total. The molecule has 0 aromatic rings. The van der Waals surface area contributed by atoms with Crippen LogP contribution in [0.25, 0.3) is 0 Å². The van der Waals surface area contributed by atoms with E-state index in [2.05, 4.69) is 6.58 Å². The molecule has 0 heterocycles. The summed E-state index contributed by atoms with van der Waals surface area (Å²) in [5, 5.41) is 10.5. The molecule has 0 aromatic heterocycles. The molecule has 176 valence electrons. The lowest BCUT2D eigenvalue weighted by Crippen LogP contribution is -2.37. The van der Waals surface area contributed by atoms with Crippen LogP contribution in [0, 0.1) is 5.92 Å². The molecule has 9 heteroatoms. The number of nitrogens with zero attached hydrogens (tertiary/aromatic N) is 1. The zero-order valence-electron chi connectivity index (χ0n) is 19.0. The van der Waals surface area contributed by atoms with Gasteiger partial charge in [0.05, 0.1) is 32.0 Å². The second-order valence-corrected chi connectivity index (χ2v) is 9.62. The molecule has 0 saturated heterocycles. The lowest BCUT2D eigenvalue weighted by molar-refractivity contribution is -0.131. The lowest BCUT2D eigenvalue weighted by atomic mass is 9.86. The number of likely N-dealkylation sites (N-methyl/N-ethyl adjacent to an activating group) is 1. The van der Waals surface area contributed by atoms with Crippen LogP contribution in [-0.2, 0) is 27.7 Å². The molecule has 0 aromatic carbocycles. The highest BCUT2D eigenvalue weighted by Gasteiger charge is 2.37. The van der Waals surface area contributed by atoms with Crippen molar-refractivity contribution in [1.82, 2.24) is 4.90 Å². The van der Waals surface area contributed by atoms with Crippen molar-refractivity contribution in [1.29, 1.82) is 0 Å². The van der Waals surface area contributed by atoms with Gasteiger partial charge in [0.15, 0.2) is 0 Å². The van der Waals surface area contributed by atoms with Gasteiger partial charge in [-0.15, -0.1) is 0 Å². The quantitative estimate of drug-likeness (QED) is 0.173. The second-order valence-electron chi connectivity index (χ2n) is 7.99. The van der Waals surface area contributed by atoms with Gasteiger partial charge in [-0.1, -0.05) is 33.3 Å². The maximum absolute atomic E-state index is 13.0. The number of aliphatic hydroxyl groups excluding tert-OH is 1. The fraction of sp³-hybridized carbons (Fsp3) is 0.857. The maximum atomic E-state index is 13.0. The number of carbonyl (C=O) groups excluding carboxylic acids is 1. The zero-order valence-corrected chi connectivity index (χ0v) is 19.9. The number of phosphoric acid groups is 1. The van der Waals surface area contributed by atoms with E-state index in [9.17, 15) is 14.5 Å². The van der Waals surface area contributed by atoms with Crippen molar-refractivity contribution in [3.8, 4) is 0 Å². The molecule has 0 radical (unpaired) electrons. The molecule has 3 atom stereocenters. The Hall–Kier alpha value is -0.760. The number of hydrogen-bond donors (Lipinski definition) is 1. The number of hydrogen-bond acceptors (Lipinski definition) is 7. The van der Waals surface area contributed by atoms with E-state index in [1.165, 1.54) is 4.90 Å². The van der Waals surface area contributed by atoms with Crippen molar-refractivity contribution in [3.63, 3.8) is 0 Å². The summed E-state index contributed by atoms with van der Waals surface area (Å²) in [6.07, 6.45) is 3.73. The van der Waals surface area contributed by atoms with Crippen molar-refractivity contribution in [2.45, 2.75) is 77.9 Å². The molecular weight excluding hydrogens is 409 g/mol. The Balaban J connectivity index is 2.48. The summed E-state index contributed by atoms with van der Waals surface area (Å²) in [4.78, 5) is 13.2. The molecular formula is C21H40NO7P. The number of ether oxygens (including phenoxy) is 1. The predicted octanol–water partition coefficient (Wildman–Crippen LogP) is 4.28. The third-order valence-corrected chi connectivity index (χ3v) is 6.50. The number of rotatable bonds is 15. The first-order valence-corrected chi connectivity index (χ1v) is 12.4. The van der Waals surface area contributed by atoms with E-state index in [1.54, 1.807) is 14.0 Å². The number of carbonyl (C=O) groups is 1. The van der Waals surface area contributed by atoms with Gasteiger partial charge in [0.1, 0.15) is 6.73 Å². The average Bonchev–Trinajstić information content (AvgIpc) is 2.69. The molecule has 0 aliphatic heterocycles. The van der Waals surface area contributed by atoms with Gasteiger partial charge in [-0.05, 0) is 44.9 Å². The Morgan fingerprint density at radius 3 is 2.27 bits per heavy atom. The minimum atomic E-state index is -3.70. The van der Waals surface area contributed by atoms with Gasteiger partial charge in [-0.3, -0.25) is 18.4 Å². The van der Waals surface area contributed by atoms with Crippen molar-refractivity contribution < 1.29 is 32.8 Å². The Kier molecular flexibility index (Phi) is 13.0. The number of unbranched alkanes of at least 4 members (excludes halogenated alkanes) is 2. The van der Waals surface area contributed by atoms with Crippen LogP contribution in [0.1, 0.15) is 65.7 Å². The highest BCUT2D eigenvalue weighted by atomic mass is 31.2. The normalized spacial score (nSPS) is 22.1. The van der Waals surface area contributed by atoms with Gasteiger partial charge in [0.25, 0.3) is 0 Å². The monoisotopic (exact) mass is 449 g/mol. The van der Waals surface area contributed by atoms with Gasteiger partial charge >= 0.3 is 7.82 Å². The minimum Gasteiger partial charge on any atom is -0.390 e. The SMILES string of the molecule is C=C(C)C(=O)N(C)COCC1CCC(OP(=O)(OCCCC)OCCCC)C(O)C1. The number of phosphoric ester groups is 1. The molecule has 0 spiro atoms. The summed E-state index contributed by atoms with van der Waals surface area (Å²) < 4.78 is 35.2. The molecule has 8 nitrogen and oxygen atoms in total. The minimum absolute atomic E-state index is 0.134. The van der Waals surface area contributed by atoms with E-state index in [4.69, 9.17) is 18.3 Å². The van der Waals surface area contributed by atoms with Crippen LogP contribution in [0.4, 0.5) is 0 Å². The third kappa shape index (κ3) is 10.0. The molecule has 30 heavy (non-hydrogen) atoms. The lowest BCUT2D eigenvalue weighted by Gasteiger charge is -2.34. The smallest absolute Gasteiger partial charge is 0.390 e. The highest BCUT2D eigenvalue weighted by Crippen LogP contribution is 2.52. The fourth-order valence-corrected chi connectivity index (χ4v) is 4.60.